The van der Waals surface area contributed by atoms with Gasteiger partial charge in [0.05, 0.1) is 10.1 Å². The molecular weight excluding hydrogens is 329 g/mol. The van der Waals surface area contributed by atoms with Gasteiger partial charge in [0.15, 0.2) is 0 Å². The molecule has 8 heteroatoms. The predicted molar refractivity (Wildman–Crippen MR) is 80.1 cm³/mol. The Morgan fingerprint density at radius 3 is 1.95 bits per heavy atom. The van der Waals surface area contributed by atoms with Crippen molar-refractivity contribution >= 4 is 19.9 Å². The van der Waals surface area contributed by atoms with Crippen LogP contribution in [0.2, 0.25) is 0 Å². The minimum atomic E-state index is -3.71. The molecule has 3 rings (SSSR count). The maximum atomic E-state index is 13.0. The van der Waals surface area contributed by atoms with Crippen LogP contribution < -0.4 is 0 Å². The van der Waals surface area contributed by atoms with E-state index in [0.717, 1.165) is 12.1 Å². The lowest BCUT2D eigenvalue weighted by atomic mass is 10.1. The third-order valence-electron chi connectivity index (χ3n) is 4.62. The Kier molecular flexibility index (Phi) is 3.81. The summed E-state index contributed by atoms with van der Waals surface area (Å²) in [5.41, 5.74) is 0. The molecule has 2 saturated heterocycles. The zero-order valence-corrected chi connectivity index (χ0v) is 13.8. The highest BCUT2D eigenvalue weighted by molar-refractivity contribution is 7.91. The van der Waals surface area contributed by atoms with Gasteiger partial charge in [0.25, 0.3) is 0 Å². The fraction of sp³-hybridized carbons (Fsp3) is 0.571. The zero-order valence-electron chi connectivity index (χ0n) is 12.1. The number of fused-ring (bicyclic) bond motifs is 2. The quantitative estimate of drug-likeness (QED) is 0.832. The molecular formula is C14H18FNO4S2. The van der Waals surface area contributed by atoms with Gasteiger partial charge in [-0.2, -0.15) is 4.31 Å². The van der Waals surface area contributed by atoms with Gasteiger partial charge >= 0.3 is 0 Å². The van der Waals surface area contributed by atoms with Crippen molar-refractivity contribution in [2.24, 2.45) is 0 Å². The van der Waals surface area contributed by atoms with E-state index in [2.05, 4.69) is 0 Å². The average Bonchev–Trinajstić information content (AvgIpc) is 2.70. The Morgan fingerprint density at radius 2 is 1.50 bits per heavy atom. The first-order valence-electron chi connectivity index (χ1n) is 7.17. The minimum absolute atomic E-state index is 0.0589. The van der Waals surface area contributed by atoms with Crippen molar-refractivity contribution in [2.45, 2.75) is 47.9 Å². The van der Waals surface area contributed by atoms with E-state index in [-0.39, 0.29) is 17.0 Å². The standard InChI is InChI=1S/C14H18FNO4S2/c1-21(17,18)14-8-11-4-5-12(9-14)16(11)22(19,20)13-6-2-10(15)3-7-13/h2-3,6-7,11-12,14H,4-5,8-9H2,1H3. The van der Waals surface area contributed by atoms with Crippen molar-refractivity contribution in [3.05, 3.63) is 30.1 Å². The lowest BCUT2D eigenvalue weighted by molar-refractivity contribution is 0.249. The van der Waals surface area contributed by atoms with E-state index < -0.39 is 30.9 Å². The molecule has 0 aliphatic carbocycles. The van der Waals surface area contributed by atoms with Gasteiger partial charge in [0, 0.05) is 18.3 Å². The molecule has 0 N–H and O–H groups in total. The van der Waals surface area contributed by atoms with E-state index in [1.165, 1.54) is 22.7 Å². The Hall–Kier alpha value is -0.990. The summed E-state index contributed by atoms with van der Waals surface area (Å²) in [6.45, 7) is 0. The number of hydrogen-bond acceptors (Lipinski definition) is 4. The summed E-state index contributed by atoms with van der Waals surface area (Å²) in [6, 6.07) is 4.19. The van der Waals surface area contributed by atoms with Crippen molar-refractivity contribution in [1.82, 2.24) is 4.31 Å². The summed E-state index contributed by atoms with van der Waals surface area (Å²) in [6.07, 6.45) is 3.25. The normalized spacial score (nSPS) is 29.6. The second-order valence-corrected chi connectivity index (χ2v) is 10.3. The van der Waals surface area contributed by atoms with Crippen LogP contribution in [0, 0.1) is 5.82 Å². The van der Waals surface area contributed by atoms with Crippen molar-refractivity contribution in [1.29, 1.82) is 0 Å². The molecule has 22 heavy (non-hydrogen) atoms. The van der Waals surface area contributed by atoms with Crippen LogP contribution in [0.5, 0.6) is 0 Å². The van der Waals surface area contributed by atoms with Gasteiger partial charge in [-0.1, -0.05) is 0 Å². The molecule has 2 heterocycles. The molecule has 0 spiro atoms. The molecule has 2 unspecified atom stereocenters. The molecule has 1 aromatic carbocycles. The molecule has 2 bridgehead atoms. The van der Waals surface area contributed by atoms with Gasteiger partial charge in [-0.3, -0.25) is 0 Å². The SMILES string of the molecule is CS(=O)(=O)C1CC2CCC(C1)N2S(=O)(=O)c1ccc(F)cc1. The van der Waals surface area contributed by atoms with Crippen LogP contribution in [-0.2, 0) is 19.9 Å². The van der Waals surface area contributed by atoms with Crippen LogP contribution in [-0.4, -0.2) is 44.7 Å². The molecule has 0 aromatic heterocycles. The third-order valence-corrected chi connectivity index (χ3v) is 8.23. The van der Waals surface area contributed by atoms with Crippen molar-refractivity contribution in [3.63, 3.8) is 0 Å². The van der Waals surface area contributed by atoms with Gasteiger partial charge in [0.1, 0.15) is 15.7 Å². The van der Waals surface area contributed by atoms with Crippen LogP contribution in [0.1, 0.15) is 25.7 Å². The maximum Gasteiger partial charge on any atom is 0.243 e. The summed E-state index contributed by atoms with van der Waals surface area (Å²) >= 11 is 0. The highest BCUT2D eigenvalue weighted by atomic mass is 32.2. The number of rotatable bonds is 3. The van der Waals surface area contributed by atoms with E-state index in [0.29, 0.717) is 25.7 Å². The van der Waals surface area contributed by atoms with E-state index in [4.69, 9.17) is 0 Å². The molecule has 2 fully saturated rings. The first-order chi connectivity index (χ1) is 10.2. The van der Waals surface area contributed by atoms with Crippen LogP contribution in [0.25, 0.3) is 0 Å². The number of nitrogens with zero attached hydrogens (tertiary/aromatic N) is 1. The van der Waals surface area contributed by atoms with Gasteiger partial charge in [-0.15, -0.1) is 0 Å². The number of sulfone groups is 1. The first-order valence-corrected chi connectivity index (χ1v) is 10.6. The van der Waals surface area contributed by atoms with E-state index in [1.807, 2.05) is 0 Å². The second-order valence-electron chi connectivity index (χ2n) is 6.10. The molecule has 2 atom stereocenters. The van der Waals surface area contributed by atoms with Crippen molar-refractivity contribution in [2.75, 3.05) is 6.26 Å². The van der Waals surface area contributed by atoms with Gasteiger partial charge in [-0.25, -0.2) is 21.2 Å². The minimum Gasteiger partial charge on any atom is -0.229 e. The fourth-order valence-corrected chi connectivity index (χ4v) is 6.59. The number of sulfonamides is 1. The van der Waals surface area contributed by atoms with Crippen LogP contribution in [0.3, 0.4) is 0 Å². The number of piperidine rings is 1. The molecule has 0 saturated carbocycles. The fourth-order valence-electron chi connectivity index (χ4n) is 3.55. The highest BCUT2D eigenvalue weighted by Crippen LogP contribution is 2.41. The molecule has 2 aliphatic heterocycles. The van der Waals surface area contributed by atoms with Crippen LogP contribution >= 0.6 is 0 Å². The Balaban J connectivity index is 1.92. The average molecular weight is 347 g/mol. The van der Waals surface area contributed by atoms with E-state index in [9.17, 15) is 21.2 Å². The summed E-state index contributed by atoms with van der Waals surface area (Å²) in [4.78, 5) is 0.0589. The molecule has 122 valence electrons. The molecule has 2 aliphatic rings. The molecule has 1 aromatic rings. The smallest absolute Gasteiger partial charge is 0.229 e. The summed E-state index contributed by atoms with van der Waals surface area (Å²) in [5.74, 6) is -0.488. The highest BCUT2D eigenvalue weighted by Gasteiger charge is 2.49. The summed E-state index contributed by atoms with van der Waals surface area (Å²) < 4.78 is 63.5. The topological polar surface area (TPSA) is 71.5 Å². The number of benzene rings is 1. The van der Waals surface area contributed by atoms with Crippen LogP contribution in [0.15, 0.2) is 29.2 Å². The van der Waals surface area contributed by atoms with Crippen molar-refractivity contribution < 1.29 is 21.2 Å². The zero-order chi connectivity index (χ0) is 16.1. The monoisotopic (exact) mass is 347 g/mol. The number of halogens is 1. The predicted octanol–water partition coefficient (Wildman–Crippen LogP) is 1.55. The lowest BCUT2D eigenvalue weighted by Gasteiger charge is -2.37. The van der Waals surface area contributed by atoms with Crippen LogP contribution in [0.4, 0.5) is 4.39 Å². The van der Waals surface area contributed by atoms with Gasteiger partial charge in [-0.05, 0) is 49.9 Å². The largest absolute Gasteiger partial charge is 0.243 e. The number of hydrogen-bond donors (Lipinski definition) is 0. The van der Waals surface area contributed by atoms with Gasteiger partial charge < -0.3 is 0 Å². The molecule has 0 radical (unpaired) electrons. The second kappa shape index (κ2) is 5.28. The molecule has 0 amide bonds. The Bertz CT molecular complexity index is 760. The van der Waals surface area contributed by atoms with E-state index >= 15 is 0 Å². The van der Waals surface area contributed by atoms with Gasteiger partial charge in [0.2, 0.25) is 10.0 Å². The van der Waals surface area contributed by atoms with Crippen molar-refractivity contribution in [3.8, 4) is 0 Å². The summed E-state index contributed by atoms with van der Waals surface area (Å²) in [5, 5.41) is -0.468. The Morgan fingerprint density at radius 1 is 1.00 bits per heavy atom. The maximum absolute atomic E-state index is 13.0. The first kappa shape index (κ1) is 15.9. The molecule has 5 nitrogen and oxygen atoms in total. The lowest BCUT2D eigenvalue weighted by Crippen LogP contribution is -2.49. The summed E-state index contributed by atoms with van der Waals surface area (Å²) in [7, 11) is -6.87. The van der Waals surface area contributed by atoms with E-state index in [1.54, 1.807) is 0 Å². The Labute approximate surface area is 130 Å². The third kappa shape index (κ3) is 2.68.